The molecule has 6 heteroatoms. The van der Waals surface area contributed by atoms with E-state index in [4.69, 9.17) is 0 Å². The summed E-state index contributed by atoms with van der Waals surface area (Å²) >= 11 is 3.43. The molecular weight excluding hydrogens is 392 g/mol. The number of amides is 1. The lowest BCUT2D eigenvalue weighted by Gasteiger charge is -2.20. The molecule has 1 fully saturated rings. The third-order valence-corrected chi connectivity index (χ3v) is 5.11. The topological polar surface area (TPSA) is 58.1 Å². The van der Waals surface area contributed by atoms with Crippen molar-refractivity contribution in [2.24, 2.45) is 0 Å². The second-order valence-electron chi connectivity index (χ2n) is 6.49. The van der Waals surface area contributed by atoms with Crippen molar-refractivity contribution < 1.29 is 4.79 Å². The molecule has 1 aliphatic rings. The van der Waals surface area contributed by atoms with Gasteiger partial charge in [0, 0.05) is 41.6 Å². The van der Waals surface area contributed by atoms with Gasteiger partial charge in [0.25, 0.3) is 0 Å². The van der Waals surface area contributed by atoms with Crippen LogP contribution in [0.2, 0.25) is 0 Å². The van der Waals surface area contributed by atoms with Crippen LogP contribution in [0.1, 0.15) is 31.4 Å². The second-order valence-corrected chi connectivity index (χ2v) is 7.41. The number of carbonyl (C=O) groups excluding carboxylic acids is 1. The van der Waals surface area contributed by atoms with Gasteiger partial charge in [-0.2, -0.15) is 0 Å². The molecule has 1 atom stereocenters. The van der Waals surface area contributed by atoms with Gasteiger partial charge in [-0.15, -0.1) is 0 Å². The summed E-state index contributed by atoms with van der Waals surface area (Å²) in [4.78, 5) is 22.8. The summed E-state index contributed by atoms with van der Waals surface area (Å²) in [6.45, 7) is 2.91. The first kappa shape index (κ1) is 17.0. The number of aromatic nitrogens is 2. The molecule has 1 aromatic carbocycles. The van der Waals surface area contributed by atoms with E-state index >= 15 is 0 Å². The standard InChI is InChI=1S/C20H19BrN4O/c1-13(14-4-2-5-16(10-14)25-9-3-6-19(25)26)24-17-7-8-22-18-11-15(21)12-23-20(17)18/h2,4-5,7-8,10-13H,3,6,9H2,1H3,(H,22,24). The molecule has 1 aliphatic heterocycles. The van der Waals surface area contributed by atoms with Crippen molar-refractivity contribution in [3.05, 3.63) is 58.8 Å². The van der Waals surface area contributed by atoms with Crippen LogP contribution >= 0.6 is 15.9 Å². The fraction of sp³-hybridized carbons (Fsp3) is 0.250. The number of carbonyl (C=O) groups is 1. The number of nitrogens with one attached hydrogen (secondary N) is 1. The molecule has 0 aliphatic carbocycles. The SMILES string of the molecule is CC(Nc1ccnc2cc(Br)cnc12)c1cccc(N2CCCC2=O)c1. The minimum atomic E-state index is 0.0729. The Labute approximate surface area is 160 Å². The summed E-state index contributed by atoms with van der Waals surface area (Å²) in [5.41, 5.74) is 4.73. The highest BCUT2D eigenvalue weighted by molar-refractivity contribution is 9.10. The molecule has 0 saturated carbocycles. The van der Waals surface area contributed by atoms with Gasteiger partial charge < -0.3 is 10.2 Å². The van der Waals surface area contributed by atoms with Crippen LogP contribution in [0.3, 0.4) is 0 Å². The van der Waals surface area contributed by atoms with E-state index in [1.54, 1.807) is 12.4 Å². The number of pyridine rings is 2. The number of fused-ring (bicyclic) bond motifs is 1. The van der Waals surface area contributed by atoms with Gasteiger partial charge in [-0.05, 0) is 59.1 Å². The monoisotopic (exact) mass is 410 g/mol. The zero-order valence-electron chi connectivity index (χ0n) is 14.4. The largest absolute Gasteiger partial charge is 0.377 e. The quantitative estimate of drug-likeness (QED) is 0.677. The van der Waals surface area contributed by atoms with Gasteiger partial charge in [-0.1, -0.05) is 12.1 Å². The van der Waals surface area contributed by atoms with E-state index in [9.17, 15) is 4.79 Å². The molecular formula is C20H19BrN4O. The first-order chi connectivity index (χ1) is 12.6. The lowest BCUT2D eigenvalue weighted by molar-refractivity contribution is -0.117. The van der Waals surface area contributed by atoms with Gasteiger partial charge in [0.15, 0.2) is 0 Å². The Morgan fingerprint density at radius 3 is 2.92 bits per heavy atom. The highest BCUT2D eigenvalue weighted by atomic mass is 79.9. The highest BCUT2D eigenvalue weighted by Gasteiger charge is 2.22. The maximum Gasteiger partial charge on any atom is 0.227 e. The van der Waals surface area contributed by atoms with E-state index in [1.165, 1.54) is 0 Å². The van der Waals surface area contributed by atoms with E-state index in [-0.39, 0.29) is 11.9 Å². The molecule has 4 rings (SSSR count). The predicted octanol–water partition coefficient (Wildman–Crippen LogP) is 4.69. The number of hydrogen-bond acceptors (Lipinski definition) is 4. The Balaban J connectivity index is 1.61. The Morgan fingerprint density at radius 1 is 1.23 bits per heavy atom. The van der Waals surface area contributed by atoms with Gasteiger partial charge in [-0.3, -0.25) is 14.8 Å². The molecule has 2 aromatic heterocycles. The average molecular weight is 411 g/mol. The Morgan fingerprint density at radius 2 is 2.12 bits per heavy atom. The molecule has 0 spiro atoms. The highest BCUT2D eigenvalue weighted by Crippen LogP contribution is 2.29. The van der Waals surface area contributed by atoms with E-state index in [0.29, 0.717) is 6.42 Å². The van der Waals surface area contributed by atoms with Gasteiger partial charge in [0.05, 0.1) is 11.2 Å². The molecule has 0 radical (unpaired) electrons. The number of rotatable bonds is 4. The summed E-state index contributed by atoms with van der Waals surface area (Å²) in [5.74, 6) is 0.206. The van der Waals surface area contributed by atoms with Crippen molar-refractivity contribution in [1.29, 1.82) is 0 Å². The van der Waals surface area contributed by atoms with Crippen LogP contribution in [0, 0.1) is 0 Å². The molecule has 1 amide bonds. The summed E-state index contributed by atoms with van der Waals surface area (Å²) in [5, 5.41) is 3.53. The fourth-order valence-corrected chi connectivity index (χ4v) is 3.64. The number of hydrogen-bond donors (Lipinski definition) is 1. The number of anilines is 2. The Hall–Kier alpha value is -2.47. The maximum absolute atomic E-state index is 12.0. The van der Waals surface area contributed by atoms with Crippen LogP contribution in [-0.4, -0.2) is 22.4 Å². The molecule has 132 valence electrons. The third kappa shape index (κ3) is 3.29. The predicted molar refractivity (Wildman–Crippen MR) is 107 cm³/mol. The molecule has 26 heavy (non-hydrogen) atoms. The summed E-state index contributed by atoms with van der Waals surface area (Å²) in [6, 6.07) is 12.1. The molecule has 1 saturated heterocycles. The van der Waals surface area contributed by atoms with Gasteiger partial charge in [0.2, 0.25) is 5.91 Å². The van der Waals surface area contributed by atoms with Crippen molar-refractivity contribution >= 4 is 44.2 Å². The summed E-state index contributed by atoms with van der Waals surface area (Å²) in [7, 11) is 0. The van der Waals surface area contributed by atoms with Crippen molar-refractivity contribution in [3.63, 3.8) is 0 Å². The fourth-order valence-electron chi connectivity index (χ4n) is 3.32. The molecule has 3 aromatic rings. The normalized spacial score (nSPS) is 15.5. The van der Waals surface area contributed by atoms with E-state index in [0.717, 1.165) is 45.4 Å². The van der Waals surface area contributed by atoms with Crippen molar-refractivity contribution in [1.82, 2.24) is 9.97 Å². The molecule has 3 heterocycles. The first-order valence-electron chi connectivity index (χ1n) is 8.69. The van der Waals surface area contributed by atoms with E-state index in [2.05, 4.69) is 50.3 Å². The zero-order valence-corrected chi connectivity index (χ0v) is 16.0. The summed E-state index contributed by atoms with van der Waals surface area (Å²) < 4.78 is 0.908. The third-order valence-electron chi connectivity index (χ3n) is 4.67. The van der Waals surface area contributed by atoms with Gasteiger partial charge in [-0.25, -0.2) is 0 Å². The molecule has 0 bridgehead atoms. The zero-order chi connectivity index (χ0) is 18.1. The lowest BCUT2D eigenvalue weighted by atomic mass is 10.1. The van der Waals surface area contributed by atoms with Crippen molar-refractivity contribution in [2.75, 3.05) is 16.8 Å². The second kappa shape index (κ2) is 7.03. The van der Waals surface area contributed by atoms with Crippen molar-refractivity contribution in [2.45, 2.75) is 25.8 Å². The van der Waals surface area contributed by atoms with Crippen LogP contribution in [-0.2, 0) is 4.79 Å². The van der Waals surface area contributed by atoms with Gasteiger partial charge in [0.1, 0.15) is 5.52 Å². The Bertz CT molecular complexity index is 975. The van der Waals surface area contributed by atoms with Gasteiger partial charge >= 0.3 is 0 Å². The van der Waals surface area contributed by atoms with E-state index < -0.39 is 0 Å². The molecule has 1 N–H and O–H groups in total. The van der Waals surface area contributed by atoms with Crippen molar-refractivity contribution in [3.8, 4) is 0 Å². The Kier molecular flexibility index (Phi) is 4.59. The average Bonchev–Trinajstić information content (AvgIpc) is 3.08. The summed E-state index contributed by atoms with van der Waals surface area (Å²) in [6.07, 6.45) is 5.13. The molecule has 1 unspecified atom stereocenters. The van der Waals surface area contributed by atoms with E-state index in [1.807, 2.05) is 29.2 Å². The minimum absolute atomic E-state index is 0.0729. The smallest absolute Gasteiger partial charge is 0.227 e. The van der Waals surface area contributed by atoms with Crippen LogP contribution < -0.4 is 10.2 Å². The first-order valence-corrected chi connectivity index (χ1v) is 9.48. The van der Waals surface area contributed by atoms with Crippen LogP contribution in [0.5, 0.6) is 0 Å². The van der Waals surface area contributed by atoms with Crippen LogP contribution in [0.15, 0.2) is 53.3 Å². The maximum atomic E-state index is 12.0. The number of benzene rings is 1. The van der Waals surface area contributed by atoms with Crippen LogP contribution in [0.4, 0.5) is 11.4 Å². The van der Waals surface area contributed by atoms with Crippen LogP contribution in [0.25, 0.3) is 11.0 Å². The lowest BCUT2D eigenvalue weighted by Crippen LogP contribution is -2.23. The molecule has 5 nitrogen and oxygen atoms in total. The minimum Gasteiger partial charge on any atom is -0.377 e. The number of halogens is 1. The number of nitrogens with zero attached hydrogens (tertiary/aromatic N) is 3.